The fourth-order valence-electron chi connectivity index (χ4n) is 1.89. The largest absolute Gasteiger partial charge is 0.449 e. The smallest absolute Gasteiger partial charge is 0.420 e. The number of fused-ring (bicyclic) bond motifs is 1. The fraction of sp³-hybridized carbons (Fsp3) is 0.571. The molecule has 1 aromatic rings. The van der Waals surface area contributed by atoms with Gasteiger partial charge in [-0.2, -0.15) is 13.2 Å². The number of alkyl halides is 3. The van der Waals surface area contributed by atoms with Crippen molar-refractivity contribution in [1.82, 2.24) is 5.32 Å². The molecular formula is C14H18F3NO. The van der Waals surface area contributed by atoms with E-state index in [-0.39, 0.29) is 5.75 Å². The molecule has 0 amide bonds. The van der Waals surface area contributed by atoms with Crippen LogP contribution in [0, 0.1) is 5.92 Å². The second-order valence-corrected chi connectivity index (χ2v) is 4.92. The number of rotatable bonds is 4. The van der Waals surface area contributed by atoms with Crippen LogP contribution < -0.4 is 10.1 Å². The molecule has 1 heterocycles. The van der Waals surface area contributed by atoms with Gasteiger partial charge in [-0.1, -0.05) is 18.9 Å². The lowest BCUT2D eigenvalue weighted by molar-refractivity contribution is -0.137. The first kappa shape index (κ1) is 14.2. The summed E-state index contributed by atoms with van der Waals surface area (Å²) in [5.41, 5.74) is -0.685. The molecule has 1 aliphatic heterocycles. The highest BCUT2D eigenvalue weighted by atomic mass is 19.4. The van der Waals surface area contributed by atoms with E-state index in [1.54, 1.807) is 0 Å². The van der Waals surface area contributed by atoms with Gasteiger partial charge in [0.05, 0.1) is 0 Å². The molecule has 1 N–H and O–H groups in total. The summed E-state index contributed by atoms with van der Waals surface area (Å²) in [5.74, 6) is 1.42. The van der Waals surface area contributed by atoms with Crippen molar-refractivity contribution in [3.05, 3.63) is 23.8 Å². The maximum Gasteiger partial charge on any atom is 0.420 e. The van der Waals surface area contributed by atoms with E-state index in [9.17, 15) is 13.2 Å². The first-order chi connectivity index (χ1) is 9.02. The average molecular weight is 273 g/mol. The standard InChI is InChI=1S/C7H3F3O.C7H15N/c8-7(9,10)4-2-1-3-5-6(4)11-5;1-8-6-2-3-7-4-5-7/h1-3H;7-8H,2-6H2,1H3. The molecule has 0 bridgehead atoms. The zero-order chi connectivity index (χ0) is 13.9. The van der Waals surface area contributed by atoms with Crippen LogP contribution in [-0.2, 0) is 6.18 Å². The zero-order valence-electron chi connectivity index (χ0n) is 10.9. The molecule has 1 saturated carbocycles. The SMILES string of the molecule is CNCCCC1CC1.FC(F)(F)c1cccc2c1O2. The summed E-state index contributed by atoms with van der Waals surface area (Å²) in [7, 11) is 2.02. The van der Waals surface area contributed by atoms with Crippen molar-refractivity contribution >= 4 is 0 Å². The third kappa shape index (κ3) is 4.42. The molecule has 2 nitrogen and oxygen atoms in total. The van der Waals surface area contributed by atoms with Crippen LogP contribution >= 0.6 is 0 Å². The highest BCUT2D eigenvalue weighted by molar-refractivity contribution is 5.60. The number of para-hydroxylation sites is 1. The lowest BCUT2D eigenvalue weighted by Crippen LogP contribution is -2.07. The molecule has 0 radical (unpaired) electrons. The first-order valence-corrected chi connectivity index (χ1v) is 6.55. The Morgan fingerprint density at radius 2 is 2.05 bits per heavy atom. The minimum absolute atomic E-state index is 0.0278. The maximum absolute atomic E-state index is 12.0. The van der Waals surface area contributed by atoms with Gasteiger partial charge in [0.25, 0.3) is 0 Å². The molecule has 0 saturated heterocycles. The van der Waals surface area contributed by atoms with Gasteiger partial charge in [0, 0.05) is 0 Å². The van der Waals surface area contributed by atoms with Gasteiger partial charge in [0.1, 0.15) is 5.56 Å². The normalized spacial score (nSPS) is 16.0. The summed E-state index contributed by atoms with van der Waals surface area (Å²) in [6.45, 7) is 1.20. The summed E-state index contributed by atoms with van der Waals surface area (Å²) in [6, 6.07) is 3.84. The van der Waals surface area contributed by atoms with Crippen LogP contribution in [0.15, 0.2) is 18.2 Å². The van der Waals surface area contributed by atoms with Gasteiger partial charge in [-0.15, -0.1) is 0 Å². The molecule has 106 valence electrons. The number of halogens is 3. The van der Waals surface area contributed by atoms with Crippen LogP contribution in [0.3, 0.4) is 0 Å². The summed E-state index contributed by atoms with van der Waals surface area (Å²) >= 11 is 0. The number of nitrogens with one attached hydrogen (secondary N) is 1. The van der Waals surface area contributed by atoms with Crippen molar-refractivity contribution in [1.29, 1.82) is 0 Å². The highest BCUT2D eigenvalue weighted by Crippen LogP contribution is 2.52. The lowest BCUT2D eigenvalue weighted by Gasteiger charge is -2.01. The first-order valence-electron chi connectivity index (χ1n) is 6.55. The molecule has 0 unspecified atom stereocenters. The summed E-state index contributed by atoms with van der Waals surface area (Å²) in [6.07, 6.45) is 1.55. The van der Waals surface area contributed by atoms with Crippen LogP contribution in [0.2, 0.25) is 0 Å². The predicted molar refractivity (Wildman–Crippen MR) is 67.4 cm³/mol. The third-order valence-corrected chi connectivity index (χ3v) is 3.19. The minimum atomic E-state index is -4.29. The third-order valence-electron chi connectivity index (χ3n) is 3.19. The number of benzene rings is 1. The van der Waals surface area contributed by atoms with Crippen molar-refractivity contribution in [2.24, 2.45) is 5.92 Å². The molecular weight excluding hydrogens is 255 g/mol. The van der Waals surface area contributed by atoms with Crippen molar-refractivity contribution < 1.29 is 17.9 Å². The minimum Gasteiger partial charge on any atom is -0.449 e. The average Bonchev–Trinajstić information content (AvgIpc) is 3.23. The Hall–Kier alpha value is -1.23. The van der Waals surface area contributed by atoms with Crippen LogP contribution in [0.1, 0.15) is 31.2 Å². The molecule has 1 aromatic carbocycles. The lowest BCUT2D eigenvalue weighted by atomic mass is 10.2. The van der Waals surface area contributed by atoms with Crippen LogP contribution in [0.25, 0.3) is 0 Å². The summed E-state index contributed by atoms with van der Waals surface area (Å²) < 4.78 is 40.6. The van der Waals surface area contributed by atoms with Gasteiger partial charge in [-0.3, -0.25) is 0 Å². The van der Waals surface area contributed by atoms with Crippen molar-refractivity contribution in [3.8, 4) is 11.5 Å². The van der Waals surface area contributed by atoms with Gasteiger partial charge in [0.15, 0.2) is 11.5 Å². The van der Waals surface area contributed by atoms with E-state index < -0.39 is 11.7 Å². The van der Waals surface area contributed by atoms with Crippen molar-refractivity contribution in [2.45, 2.75) is 31.9 Å². The Balaban J connectivity index is 0.000000148. The summed E-state index contributed by atoms with van der Waals surface area (Å²) in [5, 5.41) is 3.15. The second-order valence-electron chi connectivity index (χ2n) is 4.92. The van der Waals surface area contributed by atoms with E-state index in [1.165, 1.54) is 44.4 Å². The monoisotopic (exact) mass is 273 g/mol. The van der Waals surface area contributed by atoms with Crippen molar-refractivity contribution in [2.75, 3.05) is 13.6 Å². The van der Waals surface area contributed by atoms with Gasteiger partial charge >= 0.3 is 6.18 Å². The Kier molecular flexibility index (Phi) is 4.34. The molecule has 0 aromatic heterocycles. The van der Waals surface area contributed by atoms with E-state index in [2.05, 4.69) is 10.1 Å². The molecule has 19 heavy (non-hydrogen) atoms. The number of hydrogen-bond acceptors (Lipinski definition) is 2. The van der Waals surface area contributed by atoms with E-state index in [0.29, 0.717) is 5.75 Å². The highest BCUT2D eigenvalue weighted by Gasteiger charge is 2.40. The molecule has 1 fully saturated rings. The molecule has 3 rings (SSSR count). The summed E-state index contributed by atoms with van der Waals surface area (Å²) in [4.78, 5) is 0. The van der Waals surface area contributed by atoms with E-state index in [4.69, 9.17) is 0 Å². The molecule has 1 aliphatic carbocycles. The number of ether oxygens (including phenoxy) is 1. The molecule has 0 atom stereocenters. The Bertz CT molecular complexity index is 427. The Morgan fingerprint density at radius 1 is 1.32 bits per heavy atom. The van der Waals surface area contributed by atoms with E-state index in [0.717, 1.165) is 12.0 Å². The second kappa shape index (κ2) is 5.82. The molecule has 2 aliphatic rings. The maximum atomic E-state index is 12.0. The number of hydrogen-bond donors (Lipinski definition) is 1. The Morgan fingerprint density at radius 3 is 2.58 bits per heavy atom. The molecule has 0 spiro atoms. The quantitative estimate of drug-likeness (QED) is 0.666. The van der Waals surface area contributed by atoms with E-state index in [1.807, 2.05) is 7.05 Å². The van der Waals surface area contributed by atoms with Crippen LogP contribution in [0.5, 0.6) is 11.5 Å². The molecule has 5 heteroatoms. The Labute approximate surface area is 111 Å². The zero-order valence-corrected chi connectivity index (χ0v) is 10.9. The van der Waals surface area contributed by atoms with Crippen molar-refractivity contribution in [3.63, 3.8) is 0 Å². The van der Waals surface area contributed by atoms with Gasteiger partial charge in [-0.05, 0) is 44.5 Å². The van der Waals surface area contributed by atoms with Crippen LogP contribution in [-0.4, -0.2) is 13.6 Å². The topological polar surface area (TPSA) is 24.6 Å². The van der Waals surface area contributed by atoms with Gasteiger partial charge in [-0.25, -0.2) is 0 Å². The fourth-order valence-corrected chi connectivity index (χ4v) is 1.89. The van der Waals surface area contributed by atoms with Crippen LogP contribution in [0.4, 0.5) is 13.2 Å². The van der Waals surface area contributed by atoms with Gasteiger partial charge < -0.3 is 10.1 Å². The van der Waals surface area contributed by atoms with E-state index >= 15 is 0 Å². The van der Waals surface area contributed by atoms with Gasteiger partial charge in [0.2, 0.25) is 0 Å². The predicted octanol–water partition coefficient (Wildman–Crippen LogP) is 4.21.